The average molecular weight is 292 g/mol. The van der Waals surface area contributed by atoms with Crippen molar-refractivity contribution in [1.82, 2.24) is 9.80 Å². The van der Waals surface area contributed by atoms with Crippen molar-refractivity contribution in [1.29, 1.82) is 0 Å². The normalized spacial score (nSPS) is 30.4. The lowest BCUT2D eigenvalue weighted by Gasteiger charge is -2.32. The van der Waals surface area contributed by atoms with Crippen LogP contribution in [0.2, 0.25) is 0 Å². The fourth-order valence-electron chi connectivity index (χ4n) is 2.34. The van der Waals surface area contributed by atoms with Crippen molar-refractivity contribution in [2.45, 2.75) is 18.6 Å². The number of β-amino-alcohol motifs (C(OH)–C–C–N with tert-alkyl or cyclic N) is 1. The molecule has 0 unspecified atom stereocenters. The van der Waals surface area contributed by atoms with Gasteiger partial charge in [-0.05, 0) is 0 Å². The first-order valence-electron chi connectivity index (χ1n) is 5.97. The van der Waals surface area contributed by atoms with Crippen LogP contribution in [0, 0.1) is 0 Å². The van der Waals surface area contributed by atoms with Crippen molar-refractivity contribution in [3.8, 4) is 0 Å². The van der Waals surface area contributed by atoms with Crippen molar-refractivity contribution in [2.24, 2.45) is 0 Å². The SMILES string of the molecule is O=C(O)[C@@H]1C[C@H](O)CN1C(=O)N1CCS(=O)(=O)CC1. The van der Waals surface area contributed by atoms with E-state index < -0.39 is 34.0 Å². The first-order chi connectivity index (χ1) is 8.80. The minimum absolute atomic E-state index is 0.00715. The smallest absolute Gasteiger partial charge is 0.326 e. The number of hydrogen-bond donors (Lipinski definition) is 2. The molecule has 0 aromatic carbocycles. The number of nitrogens with zero attached hydrogens (tertiary/aromatic N) is 2. The summed E-state index contributed by atoms with van der Waals surface area (Å²) in [5.41, 5.74) is 0. The predicted octanol–water partition coefficient (Wildman–Crippen LogP) is -1.64. The molecule has 2 rings (SSSR count). The largest absolute Gasteiger partial charge is 0.480 e. The van der Waals surface area contributed by atoms with Gasteiger partial charge in [0.1, 0.15) is 6.04 Å². The Bertz CT molecular complexity index is 476. The molecule has 0 aliphatic carbocycles. The van der Waals surface area contributed by atoms with E-state index in [4.69, 9.17) is 5.11 Å². The Morgan fingerprint density at radius 2 is 1.74 bits per heavy atom. The summed E-state index contributed by atoms with van der Waals surface area (Å²) in [6.45, 7) is 0.110. The maximum absolute atomic E-state index is 12.2. The Balaban J connectivity index is 2.05. The van der Waals surface area contributed by atoms with E-state index in [0.29, 0.717) is 0 Å². The number of carbonyl (C=O) groups is 2. The minimum Gasteiger partial charge on any atom is -0.480 e. The van der Waals surface area contributed by atoms with Crippen LogP contribution in [0.1, 0.15) is 6.42 Å². The molecule has 9 heteroatoms. The predicted molar refractivity (Wildman–Crippen MR) is 64.4 cm³/mol. The van der Waals surface area contributed by atoms with Gasteiger partial charge >= 0.3 is 12.0 Å². The first kappa shape index (κ1) is 14.1. The third-order valence-corrected chi connectivity index (χ3v) is 5.03. The van der Waals surface area contributed by atoms with Crippen molar-refractivity contribution in [3.63, 3.8) is 0 Å². The maximum atomic E-state index is 12.2. The average Bonchev–Trinajstić information content (AvgIpc) is 2.70. The Morgan fingerprint density at radius 3 is 2.26 bits per heavy atom. The molecule has 19 heavy (non-hydrogen) atoms. The third-order valence-electron chi connectivity index (χ3n) is 3.42. The number of amides is 2. The maximum Gasteiger partial charge on any atom is 0.326 e. The van der Waals surface area contributed by atoms with Gasteiger partial charge in [-0.1, -0.05) is 0 Å². The van der Waals surface area contributed by atoms with Gasteiger partial charge in [0, 0.05) is 26.1 Å². The van der Waals surface area contributed by atoms with Crippen molar-refractivity contribution in [3.05, 3.63) is 0 Å². The number of rotatable bonds is 1. The Labute approximate surface area is 110 Å². The third kappa shape index (κ3) is 2.98. The summed E-state index contributed by atoms with van der Waals surface area (Å²) < 4.78 is 22.6. The highest BCUT2D eigenvalue weighted by atomic mass is 32.2. The monoisotopic (exact) mass is 292 g/mol. The van der Waals surface area contributed by atoms with Gasteiger partial charge in [-0.3, -0.25) is 0 Å². The van der Waals surface area contributed by atoms with Crippen molar-refractivity contribution >= 4 is 21.8 Å². The van der Waals surface area contributed by atoms with E-state index in [1.54, 1.807) is 0 Å². The van der Waals surface area contributed by atoms with Crippen molar-refractivity contribution < 1.29 is 28.2 Å². The zero-order chi connectivity index (χ0) is 14.2. The molecule has 2 saturated heterocycles. The van der Waals surface area contributed by atoms with E-state index in [9.17, 15) is 23.1 Å². The summed E-state index contributed by atoms with van der Waals surface area (Å²) in [5.74, 6) is -1.37. The molecular weight excluding hydrogens is 276 g/mol. The number of carbonyl (C=O) groups excluding carboxylic acids is 1. The summed E-state index contributed by atoms with van der Waals surface area (Å²) in [5, 5.41) is 18.5. The zero-order valence-corrected chi connectivity index (χ0v) is 11.0. The van der Waals surface area contributed by atoms with E-state index in [1.165, 1.54) is 4.90 Å². The molecule has 2 atom stereocenters. The van der Waals surface area contributed by atoms with Gasteiger partial charge in [0.2, 0.25) is 0 Å². The molecule has 2 N–H and O–H groups in total. The zero-order valence-electron chi connectivity index (χ0n) is 10.2. The molecular formula is C10H16N2O6S. The quantitative estimate of drug-likeness (QED) is 0.599. The molecule has 0 bridgehead atoms. The molecule has 0 saturated carbocycles. The second-order valence-electron chi connectivity index (χ2n) is 4.82. The van der Waals surface area contributed by atoms with E-state index in [2.05, 4.69) is 0 Å². The van der Waals surface area contributed by atoms with Gasteiger partial charge in [0.15, 0.2) is 9.84 Å². The second-order valence-corrected chi connectivity index (χ2v) is 7.12. The number of aliphatic hydroxyl groups is 1. The topological polar surface area (TPSA) is 115 Å². The van der Waals surface area contributed by atoms with E-state index >= 15 is 0 Å². The Hall–Kier alpha value is -1.35. The van der Waals surface area contributed by atoms with Gasteiger partial charge in [0.05, 0.1) is 17.6 Å². The molecule has 2 fully saturated rings. The number of aliphatic carboxylic acids is 1. The van der Waals surface area contributed by atoms with Gasteiger partial charge in [-0.15, -0.1) is 0 Å². The first-order valence-corrected chi connectivity index (χ1v) is 7.79. The van der Waals surface area contributed by atoms with Gasteiger partial charge in [-0.25, -0.2) is 18.0 Å². The van der Waals surface area contributed by atoms with Crippen LogP contribution in [-0.4, -0.2) is 83.7 Å². The molecule has 0 aromatic heterocycles. The summed E-state index contributed by atoms with van der Waals surface area (Å²) in [6, 6.07) is -1.56. The lowest BCUT2D eigenvalue weighted by molar-refractivity contribution is -0.141. The number of hydrogen-bond acceptors (Lipinski definition) is 5. The highest BCUT2D eigenvalue weighted by molar-refractivity contribution is 7.91. The number of aliphatic hydroxyl groups excluding tert-OH is 1. The van der Waals surface area contributed by atoms with E-state index in [1.807, 2.05) is 0 Å². The van der Waals surface area contributed by atoms with Gasteiger partial charge in [0.25, 0.3) is 0 Å². The molecule has 2 amide bonds. The number of likely N-dealkylation sites (tertiary alicyclic amines) is 1. The lowest BCUT2D eigenvalue weighted by Crippen LogP contribution is -2.52. The fraction of sp³-hybridized carbons (Fsp3) is 0.800. The van der Waals surface area contributed by atoms with Crippen LogP contribution < -0.4 is 0 Å². The molecule has 0 radical (unpaired) electrons. The van der Waals surface area contributed by atoms with E-state index in [0.717, 1.165) is 4.90 Å². The minimum atomic E-state index is -3.09. The number of carboxylic acids is 1. The Kier molecular flexibility index (Phi) is 3.68. The molecule has 2 heterocycles. The molecule has 108 valence electrons. The Morgan fingerprint density at radius 1 is 1.16 bits per heavy atom. The number of urea groups is 1. The highest BCUT2D eigenvalue weighted by Gasteiger charge is 2.41. The van der Waals surface area contributed by atoms with Crippen LogP contribution in [0.5, 0.6) is 0 Å². The van der Waals surface area contributed by atoms with Crippen LogP contribution in [-0.2, 0) is 14.6 Å². The molecule has 8 nitrogen and oxygen atoms in total. The summed E-state index contributed by atoms with van der Waals surface area (Å²) in [7, 11) is -3.09. The number of carboxylic acid groups (broad SMARTS) is 1. The molecule has 0 spiro atoms. The van der Waals surface area contributed by atoms with Crippen molar-refractivity contribution in [2.75, 3.05) is 31.1 Å². The lowest BCUT2D eigenvalue weighted by atomic mass is 10.2. The standard InChI is InChI=1S/C10H16N2O6S/c13-7-5-8(9(14)15)12(6-7)10(16)11-1-3-19(17,18)4-2-11/h7-8,13H,1-6H2,(H,14,15)/t7-,8-/m0/s1. The van der Waals surface area contributed by atoms with Crippen LogP contribution in [0.4, 0.5) is 4.79 Å². The summed E-state index contributed by atoms with van der Waals surface area (Å²) >= 11 is 0. The highest BCUT2D eigenvalue weighted by Crippen LogP contribution is 2.20. The summed E-state index contributed by atoms with van der Waals surface area (Å²) in [4.78, 5) is 25.6. The van der Waals surface area contributed by atoms with E-state index in [-0.39, 0.29) is 37.6 Å². The second kappa shape index (κ2) is 4.97. The van der Waals surface area contributed by atoms with Crippen LogP contribution in [0.15, 0.2) is 0 Å². The fourth-order valence-corrected chi connectivity index (χ4v) is 3.55. The van der Waals surface area contributed by atoms with Gasteiger partial charge < -0.3 is 20.0 Å². The van der Waals surface area contributed by atoms with Crippen LogP contribution in [0.3, 0.4) is 0 Å². The van der Waals surface area contributed by atoms with Crippen LogP contribution in [0.25, 0.3) is 0 Å². The molecule has 2 aliphatic rings. The molecule has 0 aromatic rings. The summed E-state index contributed by atoms with van der Waals surface area (Å²) in [6.07, 6.45) is -0.841. The van der Waals surface area contributed by atoms with Gasteiger partial charge in [-0.2, -0.15) is 0 Å². The molecule has 2 aliphatic heterocycles. The van der Waals surface area contributed by atoms with Crippen LogP contribution >= 0.6 is 0 Å². The number of sulfone groups is 1.